The molecule has 0 unspecified atom stereocenters. The number of anilines is 1. The van der Waals surface area contributed by atoms with E-state index in [4.69, 9.17) is 0 Å². The van der Waals surface area contributed by atoms with Gasteiger partial charge in [0.1, 0.15) is 5.69 Å². The minimum atomic E-state index is -0.153. The number of aromatic nitrogens is 2. The minimum Gasteiger partial charge on any atom is -0.349 e. The number of carbonyl (C=O) groups excluding carboxylic acids is 1. The van der Waals surface area contributed by atoms with E-state index < -0.39 is 0 Å². The number of nitrogens with zero attached hydrogens (tertiary/aromatic N) is 1. The summed E-state index contributed by atoms with van der Waals surface area (Å²) in [4.78, 5) is 19.6. The number of nitrogens with one attached hydrogen (secondary N) is 2. The Morgan fingerprint density at radius 2 is 2.05 bits per heavy atom. The predicted molar refractivity (Wildman–Crippen MR) is 89.1 cm³/mol. The third-order valence-corrected chi connectivity index (χ3v) is 3.66. The van der Waals surface area contributed by atoms with Crippen molar-refractivity contribution in [2.75, 3.05) is 5.32 Å². The lowest BCUT2D eigenvalue weighted by molar-refractivity contribution is 0.102. The highest BCUT2D eigenvalue weighted by Crippen LogP contribution is 2.15. The van der Waals surface area contributed by atoms with Gasteiger partial charge in [-0.25, -0.2) is 0 Å². The molecule has 2 aromatic heterocycles. The molecule has 22 heavy (non-hydrogen) atoms. The Bertz CT molecular complexity index is 741. The van der Waals surface area contributed by atoms with Crippen molar-refractivity contribution < 1.29 is 4.79 Å². The fourth-order valence-electron chi connectivity index (χ4n) is 2.41. The zero-order valence-corrected chi connectivity index (χ0v) is 12.6. The van der Waals surface area contributed by atoms with Crippen LogP contribution >= 0.6 is 0 Å². The van der Waals surface area contributed by atoms with Gasteiger partial charge in [0.25, 0.3) is 5.91 Å². The number of amides is 1. The van der Waals surface area contributed by atoms with Crippen molar-refractivity contribution in [2.45, 2.75) is 26.2 Å². The summed E-state index contributed by atoms with van der Waals surface area (Å²) in [5, 5.41) is 2.90. The lowest BCUT2D eigenvalue weighted by atomic mass is 10.1. The number of benzene rings is 1. The van der Waals surface area contributed by atoms with Crippen LogP contribution in [0.4, 0.5) is 5.69 Å². The minimum absolute atomic E-state index is 0.153. The molecule has 2 N–H and O–H groups in total. The third-order valence-electron chi connectivity index (χ3n) is 3.66. The van der Waals surface area contributed by atoms with Crippen LogP contribution in [0, 0.1) is 0 Å². The predicted octanol–water partition coefficient (Wildman–Crippen LogP) is 4.16. The molecular weight excluding hydrogens is 274 g/mol. The van der Waals surface area contributed by atoms with E-state index in [9.17, 15) is 4.79 Å². The van der Waals surface area contributed by atoms with Crippen LogP contribution in [0.3, 0.4) is 0 Å². The number of aromatic amines is 1. The molecule has 0 aliphatic rings. The zero-order valence-electron chi connectivity index (χ0n) is 12.6. The monoisotopic (exact) mass is 293 g/mol. The second kappa shape index (κ2) is 6.43. The van der Waals surface area contributed by atoms with Crippen LogP contribution in [0.5, 0.6) is 0 Å². The average molecular weight is 293 g/mol. The van der Waals surface area contributed by atoms with E-state index in [1.807, 2.05) is 24.3 Å². The van der Waals surface area contributed by atoms with Crippen molar-refractivity contribution in [1.29, 1.82) is 0 Å². The first-order valence-electron chi connectivity index (χ1n) is 7.60. The Hall–Kier alpha value is -2.62. The average Bonchev–Trinajstić information content (AvgIpc) is 2.98. The van der Waals surface area contributed by atoms with Crippen LogP contribution < -0.4 is 5.32 Å². The van der Waals surface area contributed by atoms with Gasteiger partial charge in [0, 0.05) is 11.9 Å². The molecule has 2 heterocycles. The van der Waals surface area contributed by atoms with Crippen LogP contribution in [0.2, 0.25) is 0 Å². The first-order valence-corrected chi connectivity index (χ1v) is 7.60. The summed E-state index contributed by atoms with van der Waals surface area (Å²) in [5.41, 5.74) is 4.28. The summed E-state index contributed by atoms with van der Waals surface area (Å²) >= 11 is 0. The Morgan fingerprint density at radius 3 is 2.77 bits per heavy atom. The Labute approximate surface area is 129 Å². The molecule has 112 valence electrons. The Balaban J connectivity index is 1.70. The van der Waals surface area contributed by atoms with E-state index in [2.05, 4.69) is 34.3 Å². The molecule has 0 atom stereocenters. The van der Waals surface area contributed by atoms with E-state index in [-0.39, 0.29) is 5.91 Å². The van der Waals surface area contributed by atoms with E-state index in [1.54, 1.807) is 12.3 Å². The van der Waals surface area contributed by atoms with Gasteiger partial charge < -0.3 is 10.3 Å². The first kappa shape index (κ1) is 14.3. The van der Waals surface area contributed by atoms with Gasteiger partial charge in [0.05, 0.1) is 11.0 Å². The Morgan fingerprint density at radius 1 is 1.23 bits per heavy atom. The summed E-state index contributed by atoms with van der Waals surface area (Å²) in [6.45, 7) is 2.18. The fraction of sp³-hybridized carbons (Fsp3) is 0.222. The second-order valence-electron chi connectivity index (χ2n) is 5.37. The van der Waals surface area contributed by atoms with Gasteiger partial charge in [0.2, 0.25) is 0 Å². The molecule has 4 heteroatoms. The molecule has 0 saturated heterocycles. The number of fused-ring (bicyclic) bond motifs is 1. The molecule has 1 aromatic carbocycles. The molecule has 3 aromatic rings. The number of hydrogen-bond acceptors (Lipinski definition) is 2. The number of aryl methyl sites for hydroxylation is 1. The van der Waals surface area contributed by atoms with Gasteiger partial charge in [0.15, 0.2) is 0 Å². The summed E-state index contributed by atoms with van der Waals surface area (Å²) < 4.78 is 0. The summed E-state index contributed by atoms with van der Waals surface area (Å²) in [6.07, 6.45) is 5.17. The standard InChI is InChI=1S/C18H19N3O/c1-2-3-5-13-7-9-14(10-8-13)20-18(22)17-12-16-15(21-17)6-4-11-19-16/h4,6-12,21H,2-3,5H2,1H3,(H,20,22). The SMILES string of the molecule is CCCCc1ccc(NC(=O)c2cc3ncccc3[nH]2)cc1. The summed E-state index contributed by atoms with van der Waals surface area (Å²) in [7, 11) is 0. The maximum Gasteiger partial charge on any atom is 0.272 e. The van der Waals surface area contributed by atoms with Crippen molar-refractivity contribution in [3.8, 4) is 0 Å². The number of rotatable bonds is 5. The van der Waals surface area contributed by atoms with E-state index in [1.165, 1.54) is 18.4 Å². The summed E-state index contributed by atoms with van der Waals surface area (Å²) in [5.74, 6) is -0.153. The second-order valence-corrected chi connectivity index (χ2v) is 5.37. The van der Waals surface area contributed by atoms with Crippen molar-refractivity contribution in [3.63, 3.8) is 0 Å². The van der Waals surface area contributed by atoms with Crippen molar-refractivity contribution in [2.24, 2.45) is 0 Å². The normalized spacial score (nSPS) is 10.8. The highest BCUT2D eigenvalue weighted by Gasteiger charge is 2.10. The molecule has 1 amide bonds. The molecule has 0 aliphatic heterocycles. The molecule has 0 spiro atoms. The highest BCUT2D eigenvalue weighted by atomic mass is 16.1. The number of pyridine rings is 1. The van der Waals surface area contributed by atoms with Crippen molar-refractivity contribution in [3.05, 3.63) is 59.9 Å². The van der Waals surface area contributed by atoms with Gasteiger partial charge >= 0.3 is 0 Å². The van der Waals surface area contributed by atoms with Gasteiger partial charge in [-0.15, -0.1) is 0 Å². The topological polar surface area (TPSA) is 57.8 Å². The van der Waals surface area contributed by atoms with E-state index in [0.29, 0.717) is 5.69 Å². The van der Waals surface area contributed by atoms with Gasteiger partial charge in [-0.2, -0.15) is 0 Å². The summed E-state index contributed by atoms with van der Waals surface area (Å²) in [6, 6.07) is 13.5. The van der Waals surface area contributed by atoms with Crippen LogP contribution in [0.25, 0.3) is 11.0 Å². The van der Waals surface area contributed by atoms with Gasteiger partial charge in [-0.05, 0) is 48.7 Å². The number of H-pyrrole nitrogens is 1. The smallest absolute Gasteiger partial charge is 0.272 e. The highest BCUT2D eigenvalue weighted by molar-refractivity contribution is 6.05. The van der Waals surface area contributed by atoms with Crippen LogP contribution in [0.15, 0.2) is 48.7 Å². The van der Waals surface area contributed by atoms with Crippen LogP contribution in [-0.4, -0.2) is 15.9 Å². The molecule has 0 bridgehead atoms. The zero-order chi connectivity index (χ0) is 15.4. The maximum absolute atomic E-state index is 12.3. The first-order chi connectivity index (χ1) is 10.8. The number of hydrogen-bond donors (Lipinski definition) is 2. The van der Waals surface area contributed by atoms with Gasteiger partial charge in [-0.1, -0.05) is 25.5 Å². The Kier molecular flexibility index (Phi) is 4.19. The quantitative estimate of drug-likeness (QED) is 0.742. The third kappa shape index (κ3) is 3.17. The number of carbonyl (C=O) groups is 1. The maximum atomic E-state index is 12.3. The molecule has 0 fully saturated rings. The fourth-order valence-corrected chi connectivity index (χ4v) is 2.41. The largest absolute Gasteiger partial charge is 0.349 e. The molecule has 4 nitrogen and oxygen atoms in total. The van der Waals surface area contributed by atoms with Gasteiger partial charge in [-0.3, -0.25) is 9.78 Å². The number of unbranched alkanes of at least 4 members (excludes halogenated alkanes) is 1. The van der Waals surface area contributed by atoms with E-state index >= 15 is 0 Å². The molecule has 0 aliphatic carbocycles. The van der Waals surface area contributed by atoms with Crippen LogP contribution in [-0.2, 0) is 6.42 Å². The molecular formula is C18H19N3O. The molecule has 3 rings (SSSR count). The lowest BCUT2D eigenvalue weighted by Gasteiger charge is -2.05. The van der Waals surface area contributed by atoms with E-state index in [0.717, 1.165) is 23.1 Å². The van der Waals surface area contributed by atoms with Crippen molar-refractivity contribution >= 4 is 22.6 Å². The van der Waals surface area contributed by atoms with Crippen molar-refractivity contribution in [1.82, 2.24) is 9.97 Å². The lowest BCUT2D eigenvalue weighted by Crippen LogP contribution is -2.12. The van der Waals surface area contributed by atoms with Crippen LogP contribution in [0.1, 0.15) is 35.8 Å². The molecule has 0 saturated carbocycles. The molecule has 0 radical (unpaired) electrons.